The second-order valence-electron chi connectivity index (χ2n) is 8.38. The van der Waals surface area contributed by atoms with Crippen molar-refractivity contribution in [1.29, 1.82) is 0 Å². The average molecular weight is 443 g/mol. The predicted octanol–water partition coefficient (Wildman–Crippen LogP) is 8.53. The molecule has 0 amide bonds. The predicted molar refractivity (Wildman–Crippen MR) is 140 cm³/mol. The maximum absolute atomic E-state index is 6.50. The molecule has 5 aromatic carbocycles. The Bertz CT molecular complexity index is 1820. The zero-order chi connectivity index (χ0) is 21.9. The van der Waals surface area contributed by atoms with Gasteiger partial charge in [0.2, 0.25) is 0 Å². The third-order valence-corrected chi connectivity index (χ3v) is 6.80. The molecule has 0 saturated heterocycles. The Labute approximate surface area is 195 Å². The molecule has 7 aromatic rings. The number of hydrogen-bond donors (Lipinski definition) is 0. The number of rotatable bonds is 2. The molecule has 156 valence electrons. The van der Waals surface area contributed by atoms with Crippen LogP contribution in [0, 0.1) is 0 Å². The van der Waals surface area contributed by atoms with E-state index in [-0.39, 0.29) is 0 Å². The molecule has 2 aromatic heterocycles. The van der Waals surface area contributed by atoms with E-state index < -0.39 is 0 Å². The van der Waals surface area contributed by atoms with E-state index in [9.17, 15) is 0 Å². The van der Waals surface area contributed by atoms with Crippen LogP contribution < -0.4 is 0 Å². The van der Waals surface area contributed by atoms with E-state index in [4.69, 9.17) is 11.6 Å². The molecule has 7 rings (SSSR count). The summed E-state index contributed by atoms with van der Waals surface area (Å²) in [5.74, 6) is 0. The number of fused-ring (bicyclic) bond motifs is 6. The number of para-hydroxylation sites is 4. The van der Waals surface area contributed by atoms with E-state index in [1.54, 1.807) is 0 Å². The summed E-state index contributed by atoms with van der Waals surface area (Å²) < 4.78 is 4.74. The summed E-state index contributed by atoms with van der Waals surface area (Å²) in [6, 6.07) is 40.6. The fourth-order valence-electron chi connectivity index (χ4n) is 5.23. The first kappa shape index (κ1) is 18.6. The summed E-state index contributed by atoms with van der Waals surface area (Å²) in [7, 11) is 0. The van der Waals surface area contributed by atoms with Crippen LogP contribution in [-0.2, 0) is 0 Å². The van der Waals surface area contributed by atoms with E-state index in [1.165, 1.54) is 38.1 Å². The van der Waals surface area contributed by atoms with Gasteiger partial charge in [0, 0.05) is 32.3 Å². The Morgan fingerprint density at radius 2 is 1.06 bits per heavy atom. The number of benzene rings is 5. The highest BCUT2D eigenvalue weighted by Crippen LogP contribution is 2.39. The molecule has 0 fully saturated rings. The standard InChI is InChI=1S/C30H19ClN2/c31-20-17-18-24-22-11-4-7-15-27(22)33(29(24)19-20)28-16-8-13-25-23-12-5-6-14-26(23)32(30(25)28)21-9-2-1-3-10-21/h1-19H. The van der Waals surface area contributed by atoms with Crippen molar-refractivity contribution in [2.75, 3.05) is 0 Å². The molecule has 0 unspecified atom stereocenters. The first-order chi connectivity index (χ1) is 16.3. The van der Waals surface area contributed by atoms with Crippen LogP contribution in [0.1, 0.15) is 0 Å². The molecule has 33 heavy (non-hydrogen) atoms. The highest BCUT2D eigenvalue weighted by Gasteiger charge is 2.19. The Hall–Kier alpha value is -4.01. The molecule has 0 aliphatic carbocycles. The smallest absolute Gasteiger partial charge is 0.0782 e. The number of nitrogens with zero attached hydrogens (tertiary/aromatic N) is 2. The van der Waals surface area contributed by atoms with Crippen molar-refractivity contribution in [3.8, 4) is 11.4 Å². The van der Waals surface area contributed by atoms with E-state index in [0.717, 1.165) is 21.9 Å². The molecular weight excluding hydrogens is 424 g/mol. The largest absolute Gasteiger partial charge is 0.307 e. The quantitative estimate of drug-likeness (QED) is 0.254. The van der Waals surface area contributed by atoms with Crippen LogP contribution in [0.15, 0.2) is 115 Å². The lowest BCUT2D eigenvalue weighted by Gasteiger charge is -2.14. The van der Waals surface area contributed by atoms with Crippen LogP contribution in [0.4, 0.5) is 0 Å². The van der Waals surface area contributed by atoms with Gasteiger partial charge in [-0.15, -0.1) is 0 Å². The molecule has 0 aliphatic heterocycles. The van der Waals surface area contributed by atoms with Crippen LogP contribution >= 0.6 is 11.6 Å². The molecular formula is C30H19ClN2. The Kier molecular flexibility index (Phi) is 3.93. The normalized spacial score (nSPS) is 11.8. The average Bonchev–Trinajstić information content (AvgIpc) is 3.37. The van der Waals surface area contributed by atoms with Gasteiger partial charge in [0.15, 0.2) is 0 Å². The van der Waals surface area contributed by atoms with Gasteiger partial charge in [-0.1, -0.05) is 84.4 Å². The fourth-order valence-corrected chi connectivity index (χ4v) is 5.40. The van der Waals surface area contributed by atoms with Gasteiger partial charge in [0.25, 0.3) is 0 Å². The topological polar surface area (TPSA) is 9.86 Å². The van der Waals surface area contributed by atoms with Crippen molar-refractivity contribution >= 4 is 55.2 Å². The first-order valence-electron chi connectivity index (χ1n) is 11.1. The lowest BCUT2D eigenvalue weighted by molar-refractivity contribution is 1.13. The van der Waals surface area contributed by atoms with Gasteiger partial charge in [-0.2, -0.15) is 0 Å². The minimum Gasteiger partial charge on any atom is -0.307 e. The summed E-state index contributed by atoms with van der Waals surface area (Å²) in [5.41, 5.74) is 6.96. The van der Waals surface area contributed by atoms with Crippen LogP contribution in [0.25, 0.3) is 55.0 Å². The van der Waals surface area contributed by atoms with Gasteiger partial charge < -0.3 is 9.13 Å². The Balaban J connectivity index is 1.73. The fraction of sp³-hybridized carbons (Fsp3) is 0. The third kappa shape index (κ3) is 2.62. The molecule has 2 heterocycles. The van der Waals surface area contributed by atoms with Gasteiger partial charge in [-0.05, 0) is 42.5 Å². The Morgan fingerprint density at radius 1 is 0.455 bits per heavy atom. The summed E-state index contributed by atoms with van der Waals surface area (Å²) in [6.07, 6.45) is 0. The van der Waals surface area contributed by atoms with E-state index in [2.05, 4.69) is 118 Å². The number of aromatic nitrogens is 2. The second kappa shape index (κ2) is 6.99. The van der Waals surface area contributed by atoms with E-state index in [0.29, 0.717) is 0 Å². The van der Waals surface area contributed by atoms with Crippen LogP contribution in [0.2, 0.25) is 5.02 Å². The Morgan fingerprint density at radius 3 is 1.85 bits per heavy atom. The SMILES string of the molecule is Clc1ccc2c3ccccc3n(-c3cccc4c5ccccc5n(-c5ccccc5)c34)c2c1. The molecule has 2 nitrogen and oxygen atoms in total. The lowest BCUT2D eigenvalue weighted by atomic mass is 10.1. The zero-order valence-corrected chi connectivity index (χ0v) is 18.5. The summed E-state index contributed by atoms with van der Waals surface area (Å²) in [5, 5.41) is 5.65. The highest BCUT2D eigenvalue weighted by atomic mass is 35.5. The minimum atomic E-state index is 0.738. The van der Waals surface area contributed by atoms with Crippen molar-refractivity contribution in [3.63, 3.8) is 0 Å². The zero-order valence-electron chi connectivity index (χ0n) is 17.7. The molecule has 0 aliphatic rings. The monoisotopic (exact) mass is 442 g/mol. The van der Waals surface area contributed by atoms with Crippen molar-refractivity contribution in [3.05, 3.63) is 120 Å². The van der Waals surface area contributed by atoms with Crippen molar-refractivity contribution in [2.24, 2.45) is 0 Å². The van der Waals surface area contributed by atoms with Crippen LogP contribution in [-0.4, -0.2) is 9.13 Å². The number of hydrogen-bond acceptors (Lipinski definition) is 0. The van der Waals surface area contributed by atoms with Crippen LogP contribution in [0.5, 0.6) is 0 Å². The highest BCUT2D eigenvalue weighted by molar-refractivity contribution is 6.31. The van der Waals surface area contributed by atoms with Gasteiger partial charge in [-0.25, -0.2) is 0 Å². The minimum absolute atomic E-state index is 0.738. The molecule has 0 N–H and O–H groups in total. The molecule has 0 bridgehead atoms. The van der Waals surface area contributed by atoms with Crippen molar-refractivity contribution < 1.29 is 0 Å². The molecule has 0 atom stereocenters. The molecule has 3 heteroatoms. The maximum Gasteiger partial charge on any atom is 0.0782 e. The molecule has 0 saturated carbocycles. The molecule has 0 spiro atoms. The summed E-state index contributed by atoms with van der Waals surface area (Å²) >= 11 is 6.50. The third-order valence-electron chi connectivity index (χ3n) is 6.56. The number of halogens is 1. The second-order valence-corrected chi connectivity index (χ2v) is 8.81. The van der Waals surface area contributed by atoms with E-state index in [1.807, 2.05) is 6.07 Å². The van der Waals surface area contributed by atoms with Crippen LogP contribution in [0.3, 0.4) is 0 Å². The molecule has 0 radical (unpaired) electrons. The summed E-state index contributed by atoms with van der Waals surface area (Å²) in [4.78, 5) is 0. The van der Waals surface area contributed by atoms with Gasteiger partial charge in [-0.3, -0.25) is 0 Å². The first-order valence-corrected chi connectivity index (χ1v) is 11.5. The van der Waals surface area contributed by atoms with Gasteiger partial charge in [0.1, 0.15) is 0 Å². The van der Waals surface area contributed by atoms with E-state index >= 15 is 0 Å². The maximum atomic E-state index is 6.50. The summed E-state index contributed by atoms with van der Waals surface area (Å²) in [6.45, 7) is 0. The lowest BCUT2D eigenvalue weighted by Crippen LogP contribution is -2.00. The van der Waals surface area contributed by atoms with Crippen molar-refractivity contribution in [2.45, 2.75) is 0 Å². The van der Waals surface area contributed by atoms with Gasteiger partial charge >= 0.3 is 0 Å². The van der Waals surface area contributed by atoms with Gasteiger partial charge in [0.05, 0.1) is 27.8 Å². The van der Waals surface area contributed by atoms with Crippen molar-refractivity contribution in [1.82, 2.24) is 9.13 Å².